The van der Waals surface area contributed by atoms with Crippen molar-refractivity contribution in [1.29, 1.82) is 0 Å². The summed E-state index contributed by atoms with van der Waals surface area (Å²) < 4.78 is 7.38. The Bertz CT molecular complexity index is 1050. The zero-order valence-corrected chi connectivity index (χ0v) is 20.6. The normalized spacial score (nSPS) is 15.5. The molecule has 1 aliphatic heterocycles. The molecule has 0 radical (unpaired) electrons. The lowest BCUT2D eigenvalue weighted by molar-refractivity contribution is -0.0401. The fourth-order valence-electron chi connectivity index (χ4n) is 4.55. The van der Waals surface area contributed by atoms with Gasteiger partial charge in [0.25, 0.3) is 0 Å². The molecule has 3 aromatic rings. The van der Waals surface area contributed by atoms with Gasteiger partial charge in [0.1, 0.15) is 17.0 Å². The zero-order chi connectivity index (χ0) is 22.0. The number of unbranched alkanes of at least 4 members (excludes halogenated alkanes) is 2. The number of hydrogen-bond donors (Lipinski definition) is 0. The van der Waals surface area contributed by atoms with Crippen LogP contribution in [-0.4, -0.2) is 33.6 Å². The van der Waals surface area contributed by atoms with Crippen LogP contribution in [0.4, 0.5) is 5.82 Å². The van der Waals surface area contributed by atoms with Crippen LogP contribution in [0.2, 0.25) is 0 Å². The van der Waals surface area contributed by atoms with Crippen LogP contribution in [0.15, 0.2) is 6.33 Å². The molecule has 31 heavy (non-hydrogen) atoms. The molecule has 4 heterocycles. The van der Waals surface area contributed by atoms with E-state index in [0.29, 0.717) is 6.61 Å². The summed E-state index contributed by atoms with van der Waals surface area (Å²) in [7, 11) is 0. The van der Waals surface area contributed by atoms with E-state index in [0.717, 1.165) is 48.5 Å². The predicted molar refractivity (Wildman–Crippen MR) is 131 cm³/mol. The molecule has 0 spiro atoms. The number of anilines is 1. The molecule has 0 atom stereocenters. The Morgan fingerprint density at radius 2 is 1.77 bits per heavy atom. The third-order valence-corrected chi connectivity index (χ3v) is 7.31. The maximum absolute atomic E-state index is 6.19. The largest absolute Gasteiger partial charge is 0.370 e. The molecule has 0 amide bonds. The Kier molecular flexibility index (Phi) is 6.77. The second-order valence-corrected chi connectivity index (χ2v) is 10.3. The lowest BCUT2D eigenvalue weighted by Crippen LogP contribution is -2.32. The lowest BCUT2D eigenvalue weighted by atomic mass is 9.88. The van der Waals surface area contributed by atoms with Crippen molar-refractivity contribution >= 4 is 37.6 Å². The smallest absolute Gasteiger partial charge is 0.150 e. The number of rotatable bonds is 9. The Morgan fingerprint density at radius 3 is 2.45 bits per heavy atom. The van der Waals surface area contributed by atoms with Gasteiger partial charge in [-0.25, -0.2) is 15.0 Å². The van der Waals surface area contributed by atoms with Gasteiger partial charge in [0.05, 0.1) is 22.4 Å². The molecule has 0 bridgehead atoms. The number of aromatic nitrogens is 3. The molecular formula is C25H36N4OS. The Balaban J connectivity index is 1.92. The molecule has 0 unspecified atom stereocenters. The summed E-state index contributed by atoms with van der Waals surface area (Å²) in [6.45, 7) is 13.8. The van der Waals surface area contributed by atoms with Crippen LogP contribution in [0.1, 0.15) is 83.5 Å². The molecule has 0 aliphatic carbocycles. The van der Waals surface area contributed by atoms with E-state index in [-0.39, 0.29) is 5.60 Å². The summed E-state index contributed by atoms with van der Waals surface area (Å²) in [4.78, 5) is 18.3. The highest BCUT2D eigenvalue weighted by atomic mass is 32.1. The van der Waals surface area contributed by atoms with Crippen molar-refractivity contribution in [2.24, 2.45) is 0 Å². The molecule has 6 heteroatoms. The van der Waals surface area contributed by atoms with Crippen molar-refractivity contribution in [2.45, 2.75) is 91.8 Å². The number of ether oxygens (including phenoxy) is 1. The fraction of sp³-hybridized carbons (Fsp3) is 0.640. The molecule has 0 N–H and O–H groups in total. The highest BCUT2D eigenvalue weighted by Gasteiger charge is 2.31. The van der Waals surface area contributed by atoms with Crippen LogP contribution in [0.25, 0.3) is 20.4 Å². The quantitative estimate of drug-likeness (QED) is 0.383. The second-order valence-electron chi connectivity index (χ2n) is 9.34. The first-order chi connectivity index (χ1) is 15.0. The van der Waals surface area contributed by atoms with E-state index < -0.39 is 0 Å². The van der Waals surface area contributed by atoms with Gasteiger partial charge >= 0.3 is 0 Å². The van der Waals surface area contributed by atoms with Gasteiger partial charge in [-0.2, -0.15) is 0 Å². The van der Waals surface area contributed by atoms with Crippen molar-refractivity contribution in [1.82, 2.24) is 15.0 Å². The van der Waals surface area contributed by atoms with E-state index >= 15 is 0 Å². The number of pyridine rings is 1. The van der Waals surface area contributed by atoms with Crippen molar-refractivity contribution in [3.8, 4) is 0 Å². The van der Waals surface area contributed by atoms with Crippen molar-refractivity contribution in [3.63, 3.8) is 0 Å². The van der Waals surface area contributed by atoms with Gasteiger partial charge in [0, 0.05) is 36.2 Å². The predicted octanol–water partition coefficient (Wildman–Crippen LogP) is 6.45. The number of nitrogens with zero attached hydrogens (tertiary/aromatic N) is 4. The molecular weight excluding hydrogens is 404 g/mol. The molecule has 3 aromatic heterocycles. The van der Waals surface area contributed by atoms with Crippen LogP contribution in [0, 0.1) is 0 Å². The molecule has 1 aliphatic rings. The summed E-state index contributed by atoms with van der Waals surface area (Å²) in [6.07, 6.45) is 9.48. The maximum Gasteiger partial charge on any atom is 0.150 e. The van der Waals surface area contributed by atoms with Crippen LogP contribution in [0.5, 0.6) is 0 Å². The lowest BCUT2D eigenvalue weighted by Gasteiger charge is -2.33. The van der Waals surface area contributed by atoms with Crippen molar-refractivity contribution in [2.75, 3.05) is 18.0 Å². The highest BCUT2D eigenvalue weighted by Crippen LogP contribution is 2.43. The van der Waals surface area contributed by atoms with Gasteiger partial charge in [-0.15, -0.1) is 11.3 Å². The first kappa shape index (κ1) is 22.4. The average molecular weight is 441 g/mol. The van der Waals surface area contributed by atoms with E-state index in [1.165, 1.54) is 52.6 Å². The van der Waals surface area contributed by atoms with Crippen LogP contribution in [-0.2, 0) is 24.2 Å². The maximum atomic E-state index is 6.19. The summed E-state index contributed by atoms with van der Waals surface area (Å²) in [5, 5.41) is 1.24. The van der Waals surface area contributed by atoms with E-state index in [2.05, 4.69) is 39.5 Å². The van der Waals surface area contributed by atoms with E-state index in [1.54, 1.807) is 17.7 Å². The highest BCUT2D eigenvalue weighted by molar-refractivity contribution is 7.26. The van der Waals surface area contributed by atoms with Crippen LogP contribution in [0.3, 0.4) is 0 Å². The van der Waals surface area contributed by atoms with E-state index in [4.69, 9.17) is 19.7 Å². The van der Waals surface area contributed by atoms with Gasteiger partial charge in [-0.3, -0.25) is 0 Å². The third-order valence-electron chi connectivity index (χ3n) is 6.24. The number of hydrogen-bond acceptors (Lipinski definition) is 6. The van der Waals surface area contributed by atoms with Crippen molar-refractivity contribution < 1.29 is 4.74 Å². The molecule has 0 aromatic carbocycles. The minimum atomic E-state index is -0.164. The average Bonchev–Trinajstić information content (AvgIpc) is 3.12. The standard InChI is InChI=1S/C25H36N4OS/c1-6-9-12-29(13-10-7-2)23-22-21(26-16-27-23)20-17-14-25(4,5)30-15-18(17)19(11-8-3)28-24(20)31-22/h16H,6-15H2,1-5H3. The molecule has 0 saturated heterocycles. The van der Waals surface area contributed by atoms with Crippen LogP contribution < -0.4 is 4.90 Å². The van der Waals surface area contributed by atoms with Crippen molar-refractivity contribution in [3.05, 3.63) is 23.1 Å². The van der Waals surface area contributed by atoms with Crippen LogP contribution >= 0.6 is 11.3 Å². The molecule has 5 nitrogen and oxygen atoms in total. The number of fused-ring (bicyclic) bond motifs is 5. The summed E-state index contributed by atoms with van der Waals surface area (Å²) in [5.41, 5.74) is 4.81. The topological polar surface area (TPSA) is 51.1 Å². The van der Waals surface area contributed by atoms with Gasteiger partial charge in [0.15, 0.2) is 0 Å². The van der Waals surface area contributed by atoms with E-state index in [1.807, 2.05) is 0 Å². The molecule has 4 rings (SSSR count). The van der Waals surface area contributed by atoms with E-state index in [9.17, 15) is 0 Å². The zero-order valence-electron chi connectivity index (χ0n) is 19.8. The van der Waals surface area contributed by atoms with Gasteiger partial charge in [-0.05, 0) is 38.7 Å². The molecule has 0 fully saturated rings. The summed E-state index contributed by atoms with van der Waals surface area (Å²) in [6, 6.07) is 0. The number of aryl methyl sites for hydroxylation is 1. The number of thiophene rings is 1. The Hall–Kier alpha value is -1.79. The third kappa shape index (κ3) is 4.42. The summed E-state index contributed by atoms with van der Waals surface area (Å²) in [5.74, 6) is 1.09. The van der Waals surface area contributed by atoms with Gasteiger partial charge < -0.3 is 9.64 Å². The summed E-state index contributed by atoms with van der Waals surface area (Å²) >= 11 is 1.78. The first-order valence-corrected chi connectivity index (χ1v) is 12.8. The molecule has 0 saturated carbocycles. The first-order valence-electron chi connectivity index (χ1n) is 12.0. The fourth-order valence-corrected chi connectivity index (χ4v) is 5.75. The minimum Gasteiger partial charge on any atom is -0.370 e. The van der Waals surface area contributed by atoms with Gasteiger partial charge in [-0.1, -0.05) is 40.0 Å². The minimum absolute atomic E-state index is 0.164. The molecule has 168 valence electrons. The van der Waals surface area contributed by atoms with Gasteiger partial charge in [0.2, 0.25) is 0 Å². The second kappa shape index (κ2) is 9.37. The SMILES string of the molecule is CCCCN(CCCC)c1ncnc2c1sc1nc(CCC)c3c(c12)CC(C)(C)OC3. The Labute approximate surface area is 190 Å². The Morgan fingerprint density at radius 1 is 1.03 bits per heavy atom. The monoisotopic (exact) mass is 440 g/mol.